The highest BCUT2D eigenvalue weighted by atomic mass is 16.5. The van der Waals surface area contributed by atoms with Gasteiger partial charge in [0.15, 0.2) is 0 Å². The molecule has 0 amide bonds. The number of piperidine rings is 1. The second kappa shape index (κ2) is 8.23. The molecule has 3 nitrogen and oxygen atoms in total. The largest absolute Gasteiger partial charge is 0.381 e. The number of nitrogens with zero attached hydrogens (tertiary/aromatic N) is 1. The van der Waals surface area contributed by atoms with Crippen LogP contribution in [0.5, 0.6) is 0 Å². The highest BCUT2D eigenvalue weighted by Gasteiger charge is 2.29. The lowest BCUT2D eigenvalue weighted by atomic mass is 9.88. The first-order chi connectivity index (χ1) is 9.33. The normalized spacial score (nSPS) is 33.5. The minimum absolute atomic E-state index is 0.511. The van der Waals surface area contributed by atoms with E-state index >= 15 is 0 Å². The smallest absolute Gasteiger partial charge is 0.0586 e. The molecule has 2 rings (SSSR count). The molecule has 3 heteroatoms. The zero-order valence-electron chi connectivity index (χ0n) is 12.9. The van der Waals surface area contributed by atoms with E-state index in [1.165, 1.54) is 71.1 Å². The van der Waals surface area contributed by atoms with Crippen molar-refractivity contribution in [3.05, 3.63) is 0 Å². The minimum Gasteiger partial charge on any atom is -0.381 e. The van der Waals surface area contributed by atoms with Crippen molar-refractivity contribution in [2.45, 2.75) is 64.0 Å². The third kappa shape index (κ3) is 4.73. The van der Waals surface area contributed by atoms with Crippen LogP contribution in [0.4, 0.5) is 0 Å². The van der Waals surface area contributed by atoms with Gasteiger partial charge in [-0.2, -0.15) is 0 Å². The Labute approximate surface area is 119 Å². The predicted molar refractivity (Wildman–Crippen MR) is 80.5 cm³/mol. The third-order valence-corrected chi connectivity index (χ3v) is 4.86. The quantitative estimate of drug-likeness (QED) is 0.750. The van der Waals surface area contributed by atoms with Gasteiger partial charge in [0, 0.05) is 19.7 Å². The fraction of sp³-hybridized carbons (Fsp3) is 1.00. The standard InChI is InChI=1S/C16H32N2O/c1-3-9-17-12-14-6-5-10-18(13-14)15-7-4-8-16(11-15)19-2/h14-17H,3-13H2,1-2H3. The van der Waals surface area contributed by atoms with Crippen LogP contribution in [-0.2, 0) is 4.74 Å². The van der Waals surface area contributed by atoms with Gasteiger partial charge in [-0.1, -0.05) is 6.92 Å². The Morgan fingerprint density at radius 2 is 2.11 bits per heavy atom. The van der Waals surface area contributed by atoms with Gasteiger partial charge in [0.25, 0.3) is 0 Å². The van der Waals surface area contributed by atoms with E-state index in [2.05, 4.69) is 17.1 Å². The molecule has 112 valence electrons. The van der Waals surface area contributed by atoms with E-state index < -0.39 is 0 Å². The van der Waals surface area contributed by atoms with Crippen molar-refractivity contribution in [1.29, 1.82) is 0 Å². The number of ether oxygens (including phenoxy) is 1. The lowest BCUT2D eigenvalue weighted by Gasteiger charge is -2.41. The molecule has 1 saturated heterocycles. The molecule has 1 heterocycles. The van der Waals surface area contributed by atoms with Crippen molar-refractivity contribution in [1.82, 2.24) is 10.2 Å². The minimum atomic E-state index is 0.511. The van der Waals surface area contributed by atoms with E-state index in [1.807, 2.05) is 7.11 Å². The Morgan fingerprint density at radius 3 is 2.89 bits per heavy atom. The van der Waals surface area contributed by atoms with Gasteiger partial charge >= 0.3 is 0 Å². The summed E-state index contributed by atoms with van der Waals surface area (Å²) in [4.78, 5) is 2.76. The maximum absolute atomic E-state index is 5.58. The van der Waals surface area contributed by atoms with Crippen molar-refractivity contribution in [2.75, 3.05) is 33.3 Å². The average molecular weight is 268 g/mol. The molecular formula is C16H32N2O. The molecule has 1 N–H and O–H groups in total. The van der Waals surface area contributed by atoms with Crippen molar-refractivity contribution >= 4 is 0 Å². The predicted octanol–water partition coefficient (Wildman–Crippen LogP) is 2.66. The van der Waals surface area contributed by atoms with Gasteiger partial charge in [0.2, 0.25) is 0 Å². The molecule has 0 radical (unpaired) electrons. The summed E-state index contributed by atoms with van der Waals surface area (Å²) in [5.41, 5.74) is 0. The summed E-state index contributed by atoms with van der Waals surface area (Å²) in [7, 11) is 1.88. The second-order valence-corrected chi connectivity index (χ2v) is 6.39. The molecule has 1 aliphatic carbocycles. The monoisotopic (exact) mass is 268 g/mol. The summed E-state index contributed by atoms with van der Waals surface area (Å²) in [6.45, 7) is 7.24. The first-order valence-corrected chi connectivity index (χ1v) is 8.31. The van der Waals surface area contributed by atoms with Crippen LogP contribution in [0.3, 0.4) is 0 Å². The summed E-state index contributed by atoms with van der Waals surface area (Å²) >= 11 is 0. The van der Waals surface area contributed by atoms with E-state index in [0.717, 1.165) is 12.0 Å². The maximum Gasteiger partial charge on any atom is 0.0586 e. The molecule has 19 heavy (non-hydrogen) atoms. The number of hydrogen-bond donors (Lipinski definition) is 1. The number of nitrogens with one attached hydrogen (secondary N) is 1. The van der Waals surface area contributed by atoms with Gasteiger partial charge in [-0.15, -0.1) is 0 Å². The fourth-order valence-corrected chi connectivity index (χ4v) is 3.74. The van der Waals surface area contributed by atoms with Crippen LogP contribution in [0.15, 0.2) is 0 Å². The van der Waals surface area contributed by atoms with Crippen LogP contribution in [0.1, 0.15) is 51.9 Å². The SMILES string of the molecule is CCCNCC1CCCN(C2CCCC(OC)C2)C1. The third-order valence-electron chi connectivity index (χ3n) is 4.86. The van der Waals surface area contributed by atoms with Crippen LogP contribution >= 0.6 is 0 Å². The molecule has 1 aliphatic heterocycles. The highest BCUT2D eigenvalue weighted by molar-refractivity contribution is 4.85. The number of rotatable bonds is 6. The van der Waals surface area contributed by atoms with Crippen LogP contribution in [0.25, 0.3) is 0 Å². The zero-order chi connectivity index (χ0) is 13.5. The Kier molecular flexibility index (Phi) is 6.62. The summed E-state index contributed by atoms with van der Waals surface area (Å²) in [5.74, 6) is 0.864. The van der Waals surface area contributed by atoms with Crippen molar-refractivity contribution in [3.63, 3.8) is 0 Å². The van der Waals surface area contributed by atoms with E-state index in [4.69, 9.17) is 4.74 Å². The fourth-order valence-electron chi connectivity index (χ4n) is 3.74. The van der Waals surface area contributed by atoms with E-state index in [1.54, 1.807) is 0 Å². The molecule has 0 aromatic carbocycles. The first kappa shape index (κ1) is 15.3. The van der Waals surface area contributed by atoms with Gasteiger partial charge in [0.1, 0.15) is 0 Å². The Hall–Kier alpha value is -0.120. The molecule has 0 bridgehead atoms. The molecule has 0 aromatic heterocycles. The van der Waals surface area contributed by atoms with Gasteiger partial charge in [-0.3, -0.25) is 4.90 Å². The molecule has 3 atom stereocenters. The zero-order valence-corrected chi connectivity index (χ0v) is 12.9. The number of methoxy groups -OCH3 is 1. The average Bonchev–Trinajstić information content (AvgIpc) is 2.48. The molecular weight excluding hydrogens is 236 g/mol. The highest BCUT2D eigenvalue weighted by Crippen LogP contribution is 2.28. The second-order valence-electron chi connectivity index (χ2n) is 6.39. The van der Waals surface area contributed by atoms with Gasteiger partial charge in [0.05, 0.1) is 6.10 Å². The Balaban J connectivity index is 1.76. The topological polar surface area (TPSA) is 24.5 Å². The molecule has 2 aliphatic rings. The lowest BCUT2D eigenvalue weighted by molar-refractivity contribution is 0.0150. The van der Waals surface area contributed by atoms with Crippen LogP contribution in [-0.4, -0.2) is 50.3 Å². The molecule has 0 spiro atoms. The van der Waals surface area contributed by atoms with Crippen molar-refractivity contribution in [2.24, 2.45) is 5.92 Å². The Bertz CT molecular complexity index is 247. The number of likely N-dealkylation sites (tertiary alicyclic amines) is 1. The van der Waals surface area contributed by atoms with Gasteiger partial charge in [-0.05, 0) is 70.5 Å². The van der Waals surface area contributed by atoms with Crippen molar-refractivity contribution in [3.8, 4) is 0 Å². The van der Waals surface area contributed by atoms with Gasteiger partial charge < -0.3 is 10.1 Å². The van der Waals surface area contributed by atoms with E-state index in [9.17, 15) is 0 Å². The van der Waals surface area contributed by atoms with Crippen LogP contribution in [0, 0.1) is 5.92 Å². The molecule has 1 saturated carbocycles. The summed E-state index contributed by atoms with van der Waals surface area (Å²) < 4.78 is 5.58. The molecule has 0 aromatic rings. The summed E-state index contributed by atoms with van der Waals surface area (Å²) in [6, 6.07) is 0.785. The lowest BCUT2D eigenvalue weighted by Crippen LogP contribution is -2.47. The number of hydrogen-bond acceptors (Lipinski definition) is 3. The molecule has 2 fully saturated rings. The first-order valence-electron chi connectivity index (χ1n) is 8.31. The van der Waals surface area contributed by atoms with E-state index in [0.29, 0.717) is 6.10 Å². The van der Waals surface area contributed by atoms with Gasteiger partial charge in [-0.25, -0.2) is 0 Å². The van der Waals surface area contributed by atoms with E-state index in [-0.39, 0.29) is 0 Å². The van der Waals surface area contributed by atoms with Crippen molar-refractivity contribution < 1.29 is 4.74 Å². The van der Waals surface area contributed by atoms with Crippen LogP contribution in [0.2, 0.25) is 0 Å². The van der Waals surface area contributed by atoms with Crippen LogP contribution < -0.4 is 5.32 Å². The molecule has 3 unspecified atom stereocenters. The Morgan fingerprint density at radius 1 is 1.21 bits per heavy atom. The summed E-state index contributed by atoms with van der Waals surface area (Å²) in [5, 5.41) is 3.60. The summed E-state index contributed by atoms with van der Waals surface area (Å²) in [6.07, 6.45) is 9.80. The maximum atomic E-state index is 5.58.